The highest BCUT2D eigenvalue weighted by molar-refractivity contribution is 5.80. The molecule has 2 fully saturated rings. The maximum absolute atomic E-state index is 12.7. The molecule has 1 aliphatic heterocycles. The first-order valence-electron chi connectivity index (χ1n) is 12.2. The number of amides is 1. The van der Waals surface area contributed by atoms with E-state index in [1.807, 2.05) is 18.2 Å². The van der Waals surface area contributed by atoms with Crippen LogP contribution in [0.15, 0.2) is 48.7 Å². The van der Waals surface area contributed by atoms with Crippen LogP contribution in [0.4, 0.5) is 5.95 Å². The van der Waals surface area contributed by atoms with E-state index in [9.17, 15) is 4.79 Å². The molecule has 6 nitrogen and oxygen atoms in total. The summed E-state index contributed by atoms with van der Waals surface area (Å²) in [5, 5.41) is 3.12. The highest BCUT2D eigenvalue weighted by Crippen LogP contribution is 2.36. The smallest absolute Gasteiger partial charge is 0.223 e. The number of nitrogens with zero attached hydrogens (tertiary/aromatic N) is 4. The van der Waals surface area contributed by atoms with Crippen molar-refractivity contribution in [2.24, 2.45) is 5.92 Å². The highest BCUT2D eigenvalue weighted by atomic mass is 16.1. The Morgan fingerprint density at radius 1 is 0.969 bits per heavy atom. The zero-order valence-electron chi connectivity index (χ0n) is 18.7. The lowest BCUT2D eigenvalue weighted by molar-refractivity contribution is -0.125. The lowest BCUT2D eigenvalue weighted by Crippen LogP contribution is -2.42. The van der Waals surface area contributed by atoms with E-state index in [0.717, 1.165) is 49.5 Å². The van der Waals surface area contributed by atoms with Crippen LogP contribution in [-0.4, -0.2) is 40.1 Å². The van der Waals surface area contributed by atoms with Gasteiger partial charge in [-0.15, -0.1) is 0 Å². The summed E-state index contributed by atoms with van der Waals surface area (Å²) in [6.45, 7) is 2.41. The van der Waals surface area contributed by atoms with E-state index in [-0.39, 0.29) is 11.8 Å². The molecule has 1 saturated heterocycles. The van der Waals surface area contributed by atoms with E-state index in [0.29, 0.717) is 12.6 Å². The number of hydrogen-bond donors (Lipinski definition) is 1. The van der Waals surface area contributed by atoms with Crippen LogP contribution in [0.5, 0.6) is 0 Å². The molecule has 0 bridgehead atoms. The van der Waals surface area contributed by atoms with Gasteiger partial charge in [0, 0.05) is 49.9 Å². The van der Waals surface area contributed by atoms with Crippen molar-refractivity contribution in [3.63, 3.8) is 0 Å². The largest absolute Gasteiger partial charge is 0.355 e. The molecule has 1 aliphatic carbocycles. The second kappa shape index (κ2) is 9.72. The average Bonchev–Trinajstić information content (AvgIpc) is 3.25. The van der Waals surface area contributed by atoms with Gasteiger partial charge in [-0.1, -0.05) is 37.5 Å². The standard InChI is InChI=1S/C26H33N5O/c32-25(28-17-13-21-8-6-7-16-27-21)20-14-18-30(19-15-20)26-29-23-11-4-5-12-24(23)31(26)22-9-2-1-3-10-22/h4-8,11-12,16,20,22H,1-3,9-10,13-15,17-19H2,(H,28,32). The lowest BCUT2D eigenvalue weighted by atomic mass is 9.94. The van der Waals surface area contributed by atoms with Gasteiger partial charge in [0.1, 0.15) is 0 Å². The van der Waals surface area contributed by atoms with Crippen molar-refractivity contribution < 1.29 is 4.79 Å². The molecule has 2 aromatic heterocycles. The fourth-order valence-corrected chi connectivity index (χ4v) is 5.30. The summed E-state index contributed by atoms with van der Waals surface area (Å²) in [4.78, 5) is 24.5. The van der Waals surface area contributed by atoms with Crippen LogP contribution >= 0.6 is 0 Å². The molecule has 1 saturated carbocycles. The molecule has 3 heterocycles. The van der Waals surface area contributed by atoms with E-state index < -0.39 is 0 Å². The Balaban J connectivity index is 1.23. The van der Waals surface area contributed by atoms with Gasteiger partial charge in [0.05, 0.1) is 11.0 Å². The summed E-state index contributed by atoms with van der Waals surface area (Å²) < 4.78 is 2.50. The third-order valence-corrected chi connectivity index (χ3v) is 7.07. The van der Waals surface area contributed by atoms with Crippen molar-refractivity contribution in [2.75, 3.05) is 24.5 Å². The number of benzene rings is 1. The maximum Gasteiger partial charge on any atom is 0.223 e. The predicted molar refractivity (Wildman–Crippen MR) is 128 cm³/mol. The maximum atomic E-state index is 12.7. The number of nitrogens with one attached hydrogen (secondary N) is 1. The Bertz CT molecular complexity index is 1030. The third kappa shape index (κ3) is 4.50. The molecule has 1 aromatic carbocycles. The number of carbonyl (C=O) groups is 1. The van der Waals surface area contributed by atoms with Crippen LogP contribution in [-0.2, 0) is 11.2 Å². The number of rotatable bonds is 6. The monoisotopic (exact) mass is 431 g/mol. The first-order chi connectivity index (χ1) is 15.8. The molecule has 1 amide bonds. The Hall–Kier alpha value is -2.89. The third-order valence-electron chi connectivity index (χ3n) is 7.07. The summed E-state index contributed by atoms with van der Waals surface area (Å²) in [5.74, 6) is 1.37. The summed E-state index contributed by atoms with van der Waals surface area (Å²) in [7, 11) is 0. The van der Waals surface area contributed by atoms with Crippen molar-refractivity contribution >= 4 is 22.9 Å². The molecular formula is C26H33N5O. The minimum absolute atomic E-state index is 0.0856. The minimum atomic E-state index is 0.0856. The summed E-state index contributed by atoms with van der Waals surface area (Å²) in [5.41, 5.74) is 3.36. The van der Waals surface area contributed by atoms with Crippen molar-refractivity contribution in [3.8, 4) is 0 Å². The zero-order chi connectivity index (χ0) is 21.8. The molecule has 3 aromatic rings. The molecule has 5 rings (SSSR count). The number of fused-ring (bicyclic) bond motifs is 1. The Kier molecular flexibility index (Phi) is 6.37. The van der Waals surface area contributed by atoms with Gasteiger partial charge in [0.25, 0.3) is 0 Å². The van der Waals surface area contributed by atoms with Gasteiger partial charge in [-0.25, -0.2) is 4.98 Å². The van der Waals surface area contributed by atoms with Crippen molar-refractivity contribution in [1.29, 1.82) is 0 Å². The number of hydrogen-bond acceptors (Lipinski definition) is 4. The number of carbonyl (C=O) groups excluding carboxylic acids is 1. The number of anilines is 1. The van der Waals surface area contributed by atoms with Crippen LogP contribution < -0.4 is 10.2 Å². The lowest BCUT2D eigenvalue weighted by Gasteiger charge is -2.34. The Morgan fingerprint density at radius 3 is 2.53 bits per heavy atom. The molecule has 0 radical (unpaired) electrons. The van der Waals surface area contributed by atoms with Gasteiger partial charge in [0.2, 0.25) is 11.9 Å². The summed E-state index contributed by atoms with van der Waals surface area (Å²) in [6.07, 6.45) is 10.8. The minimum Gasteiger partial charge on any atom is -0.355 e. The molecular weight excluding hydrogens is 398 g/mol. The van der Waals surface area contributed by atoms with Gasteiger partial charge in [-0.3, -0.25) is 9.78 Å². The molecule has 0 spiro atoms. The van der Waals surface area contributed by atoms with E-state index in [2.05, 4.69) is 44.0 Å². The van der Waals surface area contributed by atoms with Gasteiger partial charge in [-0.05, 0) is 49.9 Å². The fraction of sp³-hybridized carbons (Fsp3) is 0.500. The van der Waals surface area contributed by atoms with Crippen LogP contribution in [0.3, 0.4) is 0 Å². The highest BCUT2D eigenvalue weighted by Gasteiger charge is 2.29. The van der Waals surface area contributed by atoms with Crippen LogP contribution in [0.2, 0.25) is 0 Å². The number of piperidine rings is 1. The van der Waals surface area contributed by atoms with E-state index >= 15 is 0 Å². The summed E-state index contributed by atoms with van der Waals surface area (Å²) >= 11 is 0. The predicted octanol–water partition coefficient (Wildman–Crippen LogP) is 4.51. The van der Waals surface area contributed by atoms with Crippen molar-refractivity contribution in [2.45, 2.75) is 57.4 Å². The molecule has 6 heteroatoms. The molecule has 0 unspecified atom stereocenters. The quantitative estimate of drug-likeness (QED) is 0.624. The summed E-state index contributed by atoms with van der Waals surface area (Å²) in [6, 6.07) is 15.0. The molecule has 32 heavy (non-hydrogen) atoms. The molecule has 0 atom stereocenters. The van der Waals surface area contributed by atoms with Crippen LogP contribution in [0, 0.1) is 5.92 Å². The fourth-order valence-electron chi connectivity index (χ4n) is 5.30. The second-order valence-electron chi connectivity index (χ2n) is 9.19. The van der Waals surface area contributed by atoms with Gasteiger partial charge >= 0.3 is 0 Å². The Labute approximate surface area is 190 Å². The first-order valence-corrected chi connectivity index (χ1v) is 12.2. The van der Waals surface area contributed by atoms with Gasteiger partial charge in [0.15, 0.2) is 0 Å². The normalized spacial score (nSPS) is 18.2. The van der Waals surface area contributed by atoms with Gasteiger partial charge < -0.3 is 14.8 Å². The first kappa shape index (κ1) is 21.0. The van der Waals surface area contributed by atoms with E-state index in [1.54, 1.807) is 6.20 Å². The average molecular weight is 432 g/mol. The number of pyridine rings is 1. The number of para-hydroxylation sites is 2. The van der Waals surface area contributed by atoms with E-state index in [1.165, 1.54) is 37.6 Å². The van der Waals surface area contributed by atoms with Crippen molar-refractivity contribution in [1.82, 2.24) is 19.9 Å². The molecule has 168 valence electrons. The van der Waals surface area contributed by atoms with Crippen molar-refractivity contribution in [3.05, 3.63) is 54.4 Å². The molecule has 2 aliphatic rings. The Morgan fingerprint density at radius 2 is 1.75 bits per heavy atom. The number of imidazole rings is 1. The second-order valence-corrected chi connectivity index (χ2v) is 9.19. The topological polar surface area (TPSA) is 63.1 Å². The van der Waals surface area contributed by atoms with Crippen LogP contribution in [0.1, 0.15) is 56.7 Å². The van der Waals surface area contributed by atoms with Crippen LogP contribution in [0.25, 0.3) is 11.0 Å². The SMILES string of the molecule is O=C(NCCc1ccccn1)C1CCN(c2nc3ccccc3n2C2CCCCC2)CC1. The van der Waals surface area contributed by atoms with E-state index in [4.69, 9.17) is 4.98 Å². The van der Waals surface area contributed by atoms with Gasteiger partial charge in [-0.2, -0.15) is 0 Å². The zero-order valence-corrected chi connectivity index (χ0v) is 18.7. The molecule has 1 N–H and O–H groups in total. The number of aromatic nitrogens is 3.